The van der Waals surface area contributed by atoms with Crippen LogP contribution < -0.4 is 4.90 Å². The summed E-state index contributed by atoms with van der Waals surface area (Å²) in [5.41, 5.74) is 0.529. The number of hydrogen-bond acceptors (Lipinski definition) is 4. The Bertz CT molecular complexity index is 632. The fourth-order valence-corrected chi connectivity index (χ4v) is 3.03. The molecule has 0 atom stereocenters. The second-order valence-electron chi connectivity index (χ2n) is 4.53. The predicted molar refractivity (Wildman–Crippen MR) is 67.2 cm³/mol. The first-order valence-electron chi connectivity index (χ1n) is 5.77. The van der Waals surface area contributed by atoms with Crippen LogP contribution in [0.25, 0.3) is 0 Å². The number of ketones is 1. The highest BCUT2D eigenvalue weighted by atomic mass is 32.2. The van der Waals surface area contributed by atoms with Crippen LogP contribution in [-0.4, -0.2) is 27.1 Å². The van der Waals surface area contributed by atoms with Gasteiger partial charge in [-0.1, -0.05) is 12.1 Å². The van der Waals surface area contributed by atoms with E-state index in [1.165, 1.54) is 12.4 Å². The van der Waals surface area contributed by atoms with Crippen molar-refractivity contribution in [1.82, 2.24) is 0 Å². The van der Waals surface area contributed by atoms with Gasteiger partial charge in [0.05, 0.1) is 12.2 Å². The number of carbonyl (C=O) groups is 1. The zero-order valence-corrected chi connectivity index (χ0v) is 10.4. The average Bonchev–Trinajstić information content (AvgIpc) is 3.17. The van der Waals surface area contributed by atoms with E-state index in [1.54, 1.807) is 23.1 Å². The van der Waals surface area contributed by atoms with E-state index in [-0.39, 0.29) is 23.1 Å². The lowest BCUT2D eigenvalue weighted by molar-refractivity contribution is -0.118. The molecule has 6 heteroatoms. The van der Waals surface area contributed by atoms with Crippen LogP contribution in [0.5, 0.6) is 0 Å². The van der Waals surface area contributed by atoms with Gasteiger partial charge in [0.15, 0.2) is 5.78 Å². The Morgan fingerprint density at radius 1 is 1.33 bits per heavy atom. The molecule has 94 valence electrons. The molecule has 18 heavy (non-hydrogen) atoms. The van der Waals surface area contributed by atoms with Crippen molar-refractivity contribution in [2.24, 2.45) is 10.3 Å². The lowest BCUT2D eigenvalue weighted by atomic mass is 10.2. The number of para-hydroxylation sites is 1. The molecule has 0 saturated heterocycles. The first-order chi connectivity index (χ1) is 8.58. The third-order valence-electron chi connectivity index (χ3n) is 3.14. The van der Waals surface area contributed by atoms with Crippen LogP contribution in [0.3, 0.4) is 0 Å². The van der Waals surface area contributed by atoms with Gasteiger partial charge in [-0.25, -0.2) is 0 Å². The lowest BCUT2D eigenvalue weighted by Gasteiger charge is -2.24. The van der Waals surface area contributed by atoms with Gasteiger partial charge >= 0.3 is 0 Å². The van der Waals surface area contributed by atoms with Crippen molar-refractivity contribution >= 4 is 27.8 Å². The van der Waals surface area contributed by atoms with E-state index >= 15 is 0 Å². The van der Waals surface area contributed by atoms with Crippen molar-refractivity contribution in [1.29, 1.82) is 0 Å². The van der Waals surface area contributed by atoms with E-state index in [4.69, 9.17) is 0 Å². The van der Waals surface area contributed by atoms with Gasteiger partial charge in [0.2, 0.25) is 0 Å². The molecule has 1 heterocycles. The fraction of sp³-hybridized carbons (Fsp3) is 0.333. The van der Waals surface area contributed by atoms with Crippen molar-refractivity contribution in [3.8, 4) is 0 Å². The average molecular weight is 264 g/mol. The molecule has 3 rings (SSSR count). The first kappa shape index (κ1) is 11.4. The largest absolute Gasteiger partial charge is 0.323 e. The van der Waals surface area contributed by atoms with Crippen LogP contribution in [0.1, 0.15) is 12.8 Å². The molecule has 0 amide bonds. The van der Waals surface area contributed by atoms with Crippen molar-refractivity contribution in [3.05, 3.63) is 24.3 Å². The van der Waals surface area contributed by atoms with Gasteiger partial charge in [0, 0.05) is 5.92 Å². The SMILES string of the molecule is O=C(CN1C=NS(=O)(=O)c2ccccc21)C1CC1. The zero-order valence-electron chi connectivity index (χ0n) is 9.61. The second kappa shape index (κ2) is 3.91. The maximum absolute atomic E-state index is 11.8. The lowest BCUT2D eigenvalue weighted by Crippen LogP contribution is -2.33. The molecule has 0 N–H and O–H groups in total. The topological polar surface area (TPSA) is 66.8 Å². The van der Waals surface area contributed by atoms with E-state index in [2.05, 4.69) is 4.40 Å². The van der Waals surface area contributed by atoms with Gasteiger partial charge in [0.25, 0.3) is 10.0 Å². The summed E-state index contributed by atoms with van der Waals surface area (Å²) in [5, 5.41) is 0. The van der Waals surface area contributed by atoms with Crippen LogP contribution in [0.4, 0.5) is 5.69 Å². The highest BCUT2D eigenvalue weighted by Crippen LogP contribution is 2.33. The molecular weight excluding hydrogens is 252 g/mol. The Kier molecular flexibility index (Phi) is 2.48. The number of fused-ring (bicyclic) bond motifs is 1. The molecule has 0 unspecified atom stereocenters. The molecule has 1 aliphatic heterocycles. The Morgan fingerprint density at radius 3 is 2.78 bits per heavy atom. The third kappa shape index (κ3) is 1.92. The monoisotopic (exact) mass is 264 g/mol. The summed E-state index contributed by atoms with van der Waals surface area (Å²) in [6.45, 7) is 0.195. The predicted octanol–water partition coefficient (Wildman–Crippen LogP) is 1.20. The van der Waals surface area contributed by atoms with Crippen LogP contribution in [-0.2, 0) is 14.8 Å². The van der Waals surface area contributed by atoms with Gasteiger partial charge in [0.1, 0.15) is 11.2 Å². The Hall–Kier alpha value is -1.69. The summed E-state index contributed by atoms with van der Waals surface area (Å²) < 4.78 is 27.0. The molecular formula is C12H12N2O3S. The first-order valence-corrected chi connectivity index (χ1v) is 7.21. The molecule has 0 spiro atoms. The van der Waals surface area contributed by atoms with Crippen molar-refractivity contribution in [3.63, 3.8) is 0 Å². The van der Waals surface area contributed by atoms with Crippen LogP contribution in [0, 0.1) is 5.92 Å². The van der Waals surface area contributed by atoms with Crippen molar-refractivity contribution in [2.45, 2.75) is 17.7 Å². The van der Waals surface area contributed by atoms with Crippen molar-refractivity contribution < 1.29 is 13.2 Å². The van der Waals surface area contributed by atoms with Gasteiger partial charge in [-0.2, -0.15) is 8.42 Å². The smallest absolute Gasteiger partial charge is 0.285 e. The van der Waals surface area contributed by atoms with Crippen LogP contribution in [0.15, 0.2) is 33.6 Å². The summed E-state index contributed by atoms with van der Waals surface area (Å²) in [5.74, 6) is 0.305. The summed E-state index contributed by atoms with van der Waals surface area (Å²) in [7, 11) is -3.60. The van der Waals surface area contributed by atoms with E-state index in [9.17, 15) is 13.2 Å². The summed E-state index contributed by atoms with van der Waals surface area (Å²) in [6, 6.07) is 6.61. The Labute approximate surface area is 105 Å². The molecule has 1 aromatic carbocycles. The molecule has 1 fully saturated rings. The summed E-state index contributed by atoms with van der Waals surface area (Å²) in [6.07, 6.45) is 3.13. The minimum Gasteiger partial charge on any atom is -0.323 e. The maximum Gasteiger partial charge on any atom is 0.285 e. The molecule has 1 aromatic rings. The number of nitrogens with zero attached hydrogens (tertiary/aromatic N) is 2. The minimum absolute atomic E-state index is 0.149. The number of benzene rings is 1. The molecule has 0 aromatic heterocycles. The fourth-order valence-electron chi connectivity index (χ4n) is 1.98. The summed E-state index contributed by atoms with van der Waals surface area (Å²) >= 11 is 0. The van der Waals surface area contributed by atoms with Gasteiger partial charge < -0.3 is 4.90 Å². The molecule has 0 bridgehead atoms. The third-order valence-corrected chi connectivity index (χ3v) is 4.41. The zero-order chi connectivity index (χ0) is 12.8. The molecule has 0 radical (unpaired) electrons. The quantitative estimate of drug-likeness (QED) is 0.822. The van der Waals surface area contributed by atoms with Gasteiger partial charge in [-0.3, -0.25) is 4.79 Å². The van der Waals surface area contributed by atoms with E-state index in [0.29, 0.717) is 5.69 Å². The van der Waals surface area contributed by atoms with E-state index in [1.807, 2.05) is 0 Å². The molecule has 1 aliphatic carbocycles. The number of Topliss-reactive ketones (excluding diaryl/α,β-unsaturated/α-hetero) is 1. The van der Waals surface area contributed by atoms with Crippen LogP contribution in [0.2, 0.25) is 0 Å². The van der Waals surface area contributed by atoms with E-state index < -0.39 is 10.0 Å². The number of hydrogen-bond donors (Lipinski definition) is 0. The van der Waals surface area contributed by atoms with Crippen LogP contribution >= 0.6 is 0 Å². The molecule has 2 aliphatic rings. The Morgan fingerprint density at radius 2 is 2.06 bits per heavy atom. The number of carbonyl (C=O) groups excluding carboxylic acids is 1. The van der Waals surface area contributed by atoms with Crippen molar-refractivity contribution in [2.75, 3.05) is 11.4 Å². The van der Waals surface area contributed by atoms with Gasteiger partial charge in [-0.05, 0) is 25.0 Å². The highest BCUT2D eigenvalue weighted by Gasteiger charge is 2.32. The molecule has 1 saturated carbocycles. The highest BCUT2D eigenvalue weighted by molar-refractivity contribution is 7.90. The normalized spacial score (nSPS) is 20.6. The number of rotatable bonds is 3. The number of anilines is 1. The maximum atomic E-state index is 11.8. The standard InChI is InChI=1S/C12H12N2O3S/c15-11(9-5-6-9)7-14-8-13-18(16,17)12-4-2-1-3-10(12)14/h1-4,8-9H,5-7H2. The Balaban J connectivity index is 1.95. The number of sulfonamides is 1. The summed E-state index contributed by atoms with van der Waals surface area (Å²) in [4.78, 5) is 13.6. The second-order valence-corrected chi connectivity index (χ2v) is 6.13. The van der Waals surface area contributed by atoms with Gasteiger partial charge in [-0.15, -0.1) is 4.40 Å². The van der Waals surface area contributed by atoms with E-state index in [0.717, 1.165) is 12.8 Å². The minimum atomic E-state index is -3.60. The molecule has 5 nitrogen and oxygen atoms in total.